The van der Waals surface area contributed by atoms with E-state index in [4.69, 9.17) is 0 Å². The molecule has 19 heavy (non-hydrogen) atoms. The highest BCUT2D eigenvalue weighted by Gasteiger charge is 2.11. The van der Waals surface area contributed by atoms with Crippen molar-refractivity contribution in [3.8, 4) is 5.75 Å². The van der Waals surface area contributed by atoms with Crippen molar-refractivity contribution >= 4 is 11.4 Å². The van der Waals surface area contributed by atoms with Crippen LogP contribution in [0.2, 0.25) is 0 Å². The van der Waals surface area contributed by atoms with Gasteiger partial charge in [-0.3, -0.25) is 10.1 Å². The zero-order chi connectivity index (χ0) is 13.8. The SMILES string of the molecule is Cc1cc(NCc2ccccc2[N+](=O)[O-])ccc1O. The lowest BCUT2D eigenvalue weighted by molar-refractivity contribution is -0.385. The number of phenolic OH excluding ortho intramolecular Hbond substituents is 1. The van der Waals surface area contributed by atoms with Crippen molar-refractivity contribution < 1.29 is 10.0 Å². The maximum atomic E-state index is 10.9. The zero-order valence-corrected chi connectivity index (χ0v) is 10.5. The highest BCUT2D eigenvalue weighted by Crippen LogP contribution is 2.22. The summed E-state index contributed by atoms with van der Waals surface area (Å²) in [5, 5.41) is 23.4. The third kappa shape index (κ3) is 3.01. The normalized spacial score (nSPS) is 10.2. The number of nitro groups is 1. The number of anilines is 1. The topological polar surface area (TPSA) is 75.4 Å². The summed E-state index contributed by atoms with van der Waals surface area (Å²) >= 11 is 0. The molecule has 0 bridgehead atoms. The molecule has 0 atom stereocenters. The molecular weight excluding hydrogens is 244 g/mol. The van der Waals surface area contributed by atoms with Crippen LogP contribution < -0.4 is 5.32 Å². The number of benzene rings is 2. The monoisotopic (exact) mass is 258 g/mol. The number of nitro benzene ring substituents is 1. The second kappa shape index (κ2) is 5.39. The Labute approximate surface area is 110 Å². The van der Waals surface area contributed by atoms with Gasteiger partial charge in [-0.1, -0.05) is 18.2 Å². The number of nitrogens with one attached hydrogen (secondary N) is 1. The van der Waals surface area contributed by atoms with Crippen molar-refractivity contribution in [2.24, 2.45) is 0 Å². The summed E-state index contributed by atoms with van der Waals surface area (Å²) in [5.41, 5.74) is 2.30. The standard InChI is InChI=1S/C14H14N2O3/c1-10-8-12(6-7-14(10)17)15-9-11-4-2-3-5-13(11)16(18)19/h2-8,15,17H,9H2,1H3. The van der Waals surface area contributed by atoms with Crippen LogP contribution in [-0.2, 0) is 6.54 Å². The van der Waals surface area contributed by atoms with Crippen molar-refractivity contribution in [1.29, 1.82) is 0 Å². The predicted octanol–water partition coefficient (Wildman–Crippen LogP) is 3.22. The molecule has 0 aliphatic rings. The van der Waals surface area contributed by atoms with E-state index in [1.807, 2.05) is 0 Å². The lowest BCUT2D eigenvalue weighted by Gasteiger charge is -2.08. The van der Waals surface area contributed by atoms with E-state index < -0.39 is 0 Å². The molecule has 0 saturated carbocycles. The highest BCUT2D eigenvalue weighted by molar-refractivity contribution is 5.51. The van der Waals surface area contributed by atoms with Gasteiger partial charge in [0.1, 0.15) is 5.75 Å². The Kier molecular flexibility index (Phi) is 3.66. The molecule has 2 rings (SSSR count). The van der Waals surface area contributed by atoms with Gasteiger partial charge in [0.2, 0.25) is 0 Å². The highest BCUT2D eigenvalue weighted by atomic mass is 16.6. The number of aromatic hydroxyl groups is 1. The Hall–Kier alpha value is -2.56. The van der Waals surface area contributed by atoms with E-state index in [0.29, 0.717) is 12.1 Å². The second-order valence-electron chi connectivity index (χ2n) is 4.24. The Bertz CT molecular complexity index is 611. The Morgan fingerprint density at radius 3 is 2.68 bits per heavy atom. The molecular formula is C14H14N2O3. The molecule has 0 unspecified atom stereocenters. The minimum Gasteiger partial charge on any atom is -0.508 e. The number of phenols is 1. The van der Waals surface area contributed by atoms with Crippen LogP contribution in [0.5, 0.6) is 5.75 Å². The van der Waals surface area contributed by atoms with Crippen LogP contribution in [0.1, 0.15) is 11.1 Å². The van der Waals surface area contributed by atoms with Crippen LogP contribution in [0.25, 0.3) is 0 Å². The van der Waals surface area contributed by atoms with Crippen LogP contribution in [0, 0.1) is 17.0 Å². The average Bonchev–Trinajstić information content (AvgIpc) is 2.40. The molecule has 2 aromatic carbocycles. The van der Waals surface area contributed by atoms with E-state index in [1.54, 1.807) is 43.3 Å². The number of aryl methyl sites for hydroxylation is 1. The average molecular weight is 258 g/mol. The summed E-state index contributed by atoms with van der Waals surface area (Å²) in [7, 11) is 0. The van der Waals surface area contributed by atoms with Crippen LogP contribution in [0.3, 0.4) is 0 Å². The molecule has 0 saturated heterocycles. The Balaban J connectivity index is 2.14. The van der Waals surface area contributed by atoms with Gasteiger partial charge in [0, 0.05) is 23.9 Å². The lowest BCUT2D eigenvalue weighted by atomic mass is 10.1. The molecule has 2 aromatic rings. The minimum absolute atomic E-state index is 0.102. The molecule has 0 aliphatic carbocycles. The molecule has 0 spiro atoms. The van der Waals surface area contributed by atoms with E-state index in [1.165, 1.54) is 6.07 Å². The predicted molar refractivity (Wildman–Crippen MR) is 73.3 cm³/mol. The summed E-state index contributed by atoms with van der Waals surface area (Å²) in [6.45, 7) is 2.16. The fraction of sp³-hybridized carbons (Fsp3) is 0.143. The molecule has 0 aromatic heterocycles. The summed E-state index contributed by atoms with van der Waals surface area (Å²) in [5.74, 6) is 0.233. The second-order valence-corrected chi connectivity index (χ2v) is 4.24. The molecule has 0 fully saturated rings. The Morgan fingerprint density at radius 2 is 2.00 bits per heavy atom. The molecule has 5 heteroatoms. The van der Waals surface area contributed by atoms with Crippen LogP contribution >= 0.6 is 0 Å². The largest absolute Gasteiger partial charge is 0.508 e. The van der Waals surface area contributed by atoms with E-state index in [2.05, 4.69) is 5.32 Å². The van der Waals surface area contributed by atoms with Crippen molar-refractivity contribution in [3.05, 3.63) is 63.7 Å². The number of hydrogen-bond donors (Lipinski definition) is 2. The number of para-hydroxylation sites is 1. The molecule has 0 aliphatic heterocycles. The van der Waals surface area contributed by atoms with Gasteiger partial charge in [-0.15, -0.1) is 0 Å². The molecule has 0 heterocycles. The molecule has 2 N–H and O–H groups in total. The molecule has 98 valence electrons. The third-order valence-electron chi connectivity index (χ3n) is 2.87. The van der Waals surface area contributed by atoms with E-state index in [9.17, 15) is 15.2 Å². The molecule has 5 nitrogen and oxygen atoms in total. The van der Waals surface area contributed by atoms with Crippen molar-refractivity contribution in [2.45, 2.75) is 13.5 Å². The number of nitrogens with zero attached hydrogens (tertiary/aromatic N) is 1. The van der Waals surface area contributed by atoms with E-state index in [-0.39, 0.29) is 16.4 Å². The van der Waals surface area contributed by atoms with Gasteiger partial charge in [-0.25, -0.2) is 0 Å². The minimum atomic E-state index is -0.390. The zero-order valence-electron chi connectivity index (χ0n) is 10.5. The van der Waals surface area contributed by atoms with Crippen molar-refractivity contribution in [1.82, 2.24) is 0 Å². The van der Waals surface area contributed by atoms with Gasteiger partial charge in [-0.05, 0) is 30.7 Å². The van der Waals surface area contributed by atoms with Crippen molar-refractivity contribution in [2.75, 3.05) is 5.32 Å². The third-order valence-corrected chi connectivity index (χ3v) is 2.87. The fourth-order valence-electron chi connectivity index (χ4n) is 1.80. The summed E-state index contributed by atoms with van der Waals surface area (Å²) < 4.78 is 0. The lowest BCUT2D eigenvalue weighted by Crippen LogP contribution is -2.03. The fourth-order valence-corrected chi connectivity index (χ4v) is 1.80. The van der Waals surface area contributed by atoms with Gasteiger partial charge >= 0.3 is 0 Å². The van der Waals surface area contributed by atoms with Gasteiger partial charge in [0.25, 0.3) is 5.69 Å². The maximum absolute atomic E-state index is 10.9. The molecule has 0 amide bonds. The van der Waals surface area contributed by atoms with Gasteiger partial charge < -0.3 is 10.4 Å². The van der Waals surface area contributed by atoms with Crippen LogP contribution in [0.4, 0.5) is 11.4 Å². The Morgan fingerprint density at radius 1 is 1.26 bits per heavy atom. The summed E-state index contributed by atoms with van der Waals surface area (Å²) in [6.07, 6.45) is 0. The van der Waals surface area contributed by atoms with Crippen molar-refractivity contribution in [3.63, 3.8) is 0 Å². The van der Waals surface area contributed by atoms with E-state index >= 15 is 0 Å². The smallest absolute Gasteiger partial charge is 0.274 e. The first-order valence-corrected chi connectivity index (χ1v) is 5.83. The van der Waals surface area contributed by atoms with E-state index in [0.717, 1.165) is 11.3 Å². The summed E-state index contributed by atoms with van der Waals surface area (Å²) in [4.78, 5) is 10.5. The van der Waals surface area contributed by atoms with Gasteiger partial charge in [0.15, 0.2) is 0 Å². The molecule has 0 radical (unpaired) electrons. The quantitative estimate of drug-likeness (QED) is 0.501. The van der Waals surface area contributed by atoms with Gasteiger partial charge in [0.05, 0.1) is 4.92 Å². The first-order valence-electron chi connectivity index (χ1n) is 5.83. The van der Waals surface area contributed by atoms with Gasteiger partial charge in [-0.2, -0.15) is 0 Å². The number of rotatable bonds is 4. The first-order chi connectivity index (χ1) is 9.08. The first kappa shape index (κ1) is 12.9. The maximum Gasteiger partial charge on any atom is 0.274 e. The van der Waals surface area contributed by atoms with Crippen LogP contribution in [0.15, 0.2) is 42.5 Å². The summed E-state index contributed by atoms with van der Waals surface area (Å²) in [6, 6.07) is 11.7. The van der Waals surface area contributed by atoms with Crippen LogP contribution in [-0.4, -0.2) is 10.0 Å². The number of hydrogen-bond acceptors (Lipinski definition) is 4.